The van der Waals surface area contributed by atoms with Crippen LogP contribution in [-0.2, 0) is 18.9 Å². The predicted molar refractivity (Wildman–Crippen MR) is 105 cm³/mol. The molecule has 0 aliphatic carbocycles. The van der Waals surface area contributed by atoms with Gasteiger partial charge in [0.05, 0.1) is 18.1 Å². The molecule has 3 heterocycles. The predicted octanol–water partition coefficient (Wildman–Crippen LogP) is 1.57. The zero-order valence-electron chi connectivity index (χ0n) is 16.7. The molecule has 6 atom stereocenters. The fourth-order valence-electron chi connectivity index (χ4n) is 3.92. The summed E-state index contributed by atoms with van der Waals surface area (Å²) in [5.74, 6) is 1.18. The van der Waals surface area contributed by atoms with Crippen LogP contribution in [0.4, 0.5) is 5.69 Å². The quantitative estimate of drug-likeness (QED) is 0.513. The second-order valence-electron chi connectivity index (χ2n) is 7.58. The van der Waals surface area contributed by atoms with Crippen LogP contribution in [-0.4, -0.2) is 59.6 Å². The Hall–Kier alpha value is -2.80. The lowest BCUT2D eigenvalue weighted by Gasteiger charge is -2.47. The minimum atomic E-state index is -1.22. The first-order valence-corrected chi connectivity index (χ1v) is 10.0. The van der Waals surface area contributed by atoms with Crippen LogP contribution in [0.1, 0.15) is 23.7 Å². The van der Waals surface area contributed by atoms with E-state index >= 15 is 0 Å². The van der Waals surface area contributed by atoms with Crippen LogP contribution in [0.5, 0.6) is 11.5 Å². The molecule has 6 unspecified atom stereocenters. The number of hydrogen-bond acceptors (Lipinski definition) is 10. The van der Waals surface area contributed by atoms with Gasteiger partial charge in [0.1, 0.15) is 24.4 Å². The molecule has 0 radical (unpaired) electrons. The molecule has 3 aliphatic rings. The van der Waals surface area contributed by atoms with Crippen molar-refractivity contribution >= 4 is 5.69 Å². The van der Waals surface area contributed by atoms with Crippen molar-refractivity contribution in [1.29, 1.82) is 0 Å². The molecule has 11 nitrogen and oxygen atoms in total. The number of hydrogen-bond donors (Lipinski definition) is 2. The van der Waals surface area contributed by atoms with Crippen molar-refractivity contribution in [3.05, 3.63) is 63.7 Å². The number of rotatable bonds is 5. The van der Waals surface area contributed by atoms with E-state index in [0.29, 0.717) is 22.6 Å². The van der Waals surface area contributed by atoms with Crippen molar-refractivity contribution in [3.63, 3.8) is 0 Å². The molecule has 2 N–H and O–H groups in total. The molecule has 5 rings (SSSR count). The van der Waals surface area contributed by atoms with E-state index < -0.39 is 48.5 Å². The maximum absolute atomic E-state index is 10.9. The molecule has 32 heavy (non-hydrogen) atoms. The number of nitrogens with zero attached hydrogens (tertiary/aromatic N) is 1. The number of aliphatic hydroxyl groups is 2. The van der Waals surface area contributed by atoms with Gasteiger partial charge in [0.15, 0.2) is 24.1 Å². The summed E-state index contributed by atoms with van der Waals surface area (Å²) in [7, 11) is 0. The molecule has 0 saturated carbocycles. The van der Waals surface area contributed by atoms with E-state index in [-0.39, 0.29) is 19.1 Å². The Kier molecular flexibility index (Phi) is 5.67. The minimum Gasteiger partial charge on any atom is -0.454 e. The number of nitro groups is 1. The summed E-state index contributed by atoms with van der Waals surface area (Å²) in [4.78, 5) is 10.4. The summed E-state index contributed by atoms with van der Waals surface area (Å²) in [5.41, 5.74) is 1.18. The number of aliphatic hydroxyl groups excluding tert-OH is 2. The SMILES string of the molecule is O=[N+]([O-])c1ccc(C2OCC3OC(c4ccc5c(c4)OCO5)OC(C(O)CO)C3O2)cc1. The van der Waals surface area contributed by atoms with Crippen LogP contribution in [0.25, 0.3) is 0 Å². The Morgan fingerprint density at radius 1 is 1.00 bits per heavy atom. The van der Waals surface area contributed by atoms with E-state index in [0.717, 1.165) is 0 Å². The Balaban J connectivity index is 1.35. The number of ether oxygens (including phenoxy) is 6. The lowest BCUT2D eigenvalue weighted by Crippen LogP contribution is -2.58. The molecule has 0 bridgehead atoms. The zero-order valence-corrected chi connectivity index (χ0v) is 16.7. The number of benzene rings is 2. The zero-order chi connectivity index (χ0) is 22.2. The molecule has 2 saturated heterocycles. The van der Waals surface area contributed by atoms with Crippen LogP contribution < -0.4 is 9.47 Å². The van der Waals surface area contributed by atoms with Gasteiger partial charge in [-0.2, -0.15) is 0 Å². The topological polar surface area (TPSA) is 139 Å². The third-order valence-electron chi connectivity index (χ3n) is 5.57. The van der Waals surface area contributed by atoms with Crippen LogP contribution in [0.3, 0.4) is 0 Å². The highest BCUT2D eigenvalue weighted by Crippen LogP contribution is 2.41. The third-order valence-corrected chi connectivity index (χ3v) is 5.57. The molecule has 0 spiro atoms. The third kappa shape index (κ3) is 3.90. The minimum absolute atomic E-state index is 0.0492. The molecule has 0 amide bonds. The summed E-state index contributed by atoms with van der Waals surface area (Å²) >= 11 is 0. The Bertz CT molecular complexity index is 983. The summed E-state index contributed by atoms with van der Waals surface area (Å²) in [6.45, 7) is -0.271. The van der Waals surface area contributed by atoms with E-state index in [4.69, 9.17) is 28.4 Å². The van der Waals surface area contributed by atoms with Crippen molar-refractivity contribution in [3.8, 4) is 11.5 Å². The Morgan fingerprint density at radius 2 is 1.75 bits per heavy atom. The lowest BCUT2D eigenvalue weighted by molar-refractivity contribution is -0.385. The van der Waals surface area contributed by atoms with E-state index in [1.807, 2.05) is 0 Å². The van der Waals surface area contributed by atoms with E-state index in [2.05, 4.69) is 0 Å². The van der Waals surface area contributed by atoms with Gasteiger partial charge in [0.25, 0.3) is 5.69 Å². The van der Waals surface area contributed by atoms with Gasteiger partial charge >= 0.3 is 0 Å². The lowest BCUT2D eigenvalue weighted by atomic mass is 9.99. The summed E-state index contributed by atoms with van der Waals surface area (Å²) in [5, 5.41) is 30.9. The molecule has 3 aliphatic heterocycles. The highest BCUT2D eigenvalue weighted by atomic mass is 16.8. The maximum atomic E-state index is 10.9. The first-order chi connectivity index (χ1) is 15.5. The molecule has 0 aromatic heterocycles. The molecule has 11 heteroatoms. The van der Waals surface area contributed by atoms with Crippen molar-refractivity contribution in [2.75, 3.05) is 20.0 Å². The van der Waals surface area contributed by atoms with Crippen molar-refractivity contribution in [2.24, 2.45) is 0 Å². The van der Waals surface area contributed by atoms with Gasteiger partial charge in [-0.15, -0.1) is 0 Å². The summed E-state index contributed by atoms with van der Waals surface area (Å²) < 4.78 is 34.6. The average Bonchev–Trinajstić information content (AvgIpc) is 3.30. The smallest absolute Gasteiger partial charge is 0.269 e. The van der Waals surface area contributed by atoms with Gasteiger partial charge in [0, 0.05) is 23.3 Å². The fourth-order valence-corrected chi connectivity index (χ4v) is 3.92. The van der Waals surface area contributed by atoms with Gasteiger partial charge in [0.2, 0.25) is 6.79 Å². The average molecular weight is 447 g/mol. The van der Waals surface area contributed by atoms with Crippen molar-refractivity contribution in [2.45, 2.75) is 37.0 Å². The van der Waals surface area contributed by atoms with Gasteiger partial charge in [-0.3, -0.25) is 10.1 Å². The molecule has 2 aromatic rings. The monoisotopic (exact) mass is 447 g/mol. The number of nitro benzene ring substituents is 1. The highest BCUT2D eigenvalue weighted by Gasteiger charge is 2.48. The van der Waals surface area contributed by atoms with Gasteiger partial charge in [-0.05, 0) is 30.3 Å². The van der Waals surface area contributed by atoms with Gasteiger partial charge in [-0.1, -0.05) is 0 Å². The Morgan fingerprint density at radius 3 is 2.50 bits per heavy atom. The van der Waals surface area contributed by atoms with Crippen LogP contribution in [0, 0.1) is 10.1 Å². The van der Waals surface area contributed by atoms with Crippen LogP contribution >= 0.6 is 0 Å². The van der Waals surface area contributed by atoms with Crippen molar-refractivity contribution < 1.29 is 43.6 Å². The second-order valence-corrected chi connectivity index (χ2v) is 7.58. The summed E-state index contributed by atoms with van der Waals surface area (Å²) in [6, 6.07) is 11.0. The number of fused-ring (bicyclic) bond motifs is 2. The molecular weight excluding hydrogens is 426 g/mol. The second kappa shape index (κ2) is 8.62. The van der Waals surface area contributed by atoms with Crippen LogP contribution in [0.15, 0.2) is 42.5 Å². The largest absolute Gasteiger partial charge is 0.454 e. The highest BCUT2D eigenvalue weighted by molar-refractivity contribution is 5.45. The number of non-ortho nitro benzene ring substituents is 1. The standard InChI is InChI=1S/C21H21NO10/c23-8-14(24)18-19-17(9-27-20(32-19)11-1-4-13(5-2-11)22(25)26)30-21(31-18)12-3-6-15-16(7-12)29-10-28-15/h1-7,14,17-21,23-24H,8-10H2. The molecular formula is C21H21NO10. The van der Waals surface area contributed by atoms with E-state index in [1.54, 1.807) is 30.3 Å². The van der Waals surface area contributed by atoms with E-state index in [9.17, 15) is 20.3 Å². The van der Waals surface area contributed by atoms with Gasteiger partial charge in [-0.25, -0.2) is 0 Å². The van der Waals surface area contributed by atoms with E-state index in [1.165, 1.54) is 12.1 Å². The first-order valence-electron chi connectivity index (χ1n) is 10.0. The molecule has 170 valence electrons. The summed E-state index contributed by atoms with van der Waals surface area (Å²) in [6.07, 6.45) is -5.13. The Labute approximate surface area is 182 Å². The maximum Gasteiger partial charge on any atom is 0.269 e. The molecule has 2 fully saturated rings. The molecule has 2 aromatic carbocycles. The van der Waals surface area contributed by atoms with Gasteiger partial charge < -0.3 is 38.6 Å². The normalized spacial score (nSPS) is 29.9. The first kappa shape index (κ1) is 21.1. The van der Waals surface area contributed by atoms with Crippen molar-refractivity contribution in [1.82, 2.24) is 0 Å². The van der Waals surface area contributed by atoms with Crippen LogP contribution in [0.2, 0.25) is 0 Å². The fraction of sp³-hybridized carbons (Fsp3) is 0.429.